The number of aryl methyl sites for hydroxylation is 1. The summed E-state index contributed by atoms with van der Waals surface area (Å²) >= 11 is 0. The molecular formula is C16H24O2. The highest BCUT2D eigenvalue weighted by Crippen LogP contribution is 2.27. The van der Waals surface area contributed by atoms with Crippen LogP contribution in [-0.4, -0.2) is 11.1 Å². The molecule has 0 aliphatic carbocycles. The monoisotopic (exact) mass is 248 g/mol. The van der Waals surface area contributed by atoms with Crippen molar-refractivity contribution in [1.29, 1.82) is 0 Å². The van der Waals surface area contributed by atoms with E-state index in [1.165, 1.54) is 16.7 Å². The lowest BCUT2D eigenvalue weighted by Crippen LogP contribution is -2.26. The number of carboxylic acid groups (broad SMARTS) is 1. The lowest BCUT2D eigenvalue weighted by Gasteiger charge is -2.22. The van der Waals surface area contributed by atoms with Crippen LogP contribution in [0.4, 0.5) is 0 Å². The molecule has 0 heterocycles. The van der Waals surface area contributed by atoms with Crippen molar-refractivity contribution in [2.45, 2.75) is 53.9 Å². The van der Waals surface area contributed by atoms with Crippen molar-refractivity contribution in [3.63, 3.8) is 0 Å². The highest BCUT2D eigenvalue weighted by molar-refractivity contribution is 5.74. The van der Waals surface area contributed by atoms with Gasteiger partial charge in [0.25, 0.3) is 0 Å². The summed E-state index contributed by atoms with van der Waals surface area (Å²) < 4.78 is 0. The molecule has 1 aromatic rings. The third-order valence-electron chi connectivity index (χ3n) is 3.66. The zero-order valence-corrected chi connectivity index (χ0v) is 12.1. The van der Waals surface area contributed by atoms with Gasteiger partial charge in [0.2, 0.25) is 0 Å². The van der Waals surface area contributed by atoms with E-state index in [1.807, 2.05) is 0 Å². The molecule has 0 radical (unpaired) electrons. The maximum Gasteiger partial charge on any atom is 0.309 e. The zero-order chi connectivity index (χ0) is 13.9. The molecule has 18 heavy (non-hydrogen) atoms. The molecule has 1 aromatic carbocycles. The second kappa shape index (κ2) is 5.55. The minimum absolute atomic E-state index is 0.588. The molecule has 0 aliphatic rings. The Bertz CT molecular complexity index is 445. The van der Waals surface area contributed by atoms with Gasteiger partial charge in [0.15, 0.2) is 0 Å². The molecule has 0 spiro atoms. The van der Waals surface area contributed by atoms with Crippen molar-refractivity contribution in [1.82, 2.24) is 0 Å². The number of carboxylic acids is 1. The minimum Gasteiger partial charge on any atom is -0.481 e. The van der Waals surface area contributed by atoms with Crippen LogP contribution in [0.3, 0.4) is 0 Å². The molecule has 0 saturated heterocycles. The molecule has 0 fully saturated rings. The van der Waals surface area contributed by atoms with Crippen LogP contribution in [-0.2, 0) is 17.6 Å². The Morgan fingerprint density at radius 3 is 2.39 bits per heavy atom. The van der Waals surface area contributed by atoms with Crippen LogP contribution in [0.2, 0.25) is 0 Å². The number of benzene rings is 1. The summed E-state index contributed by atoms with van der Waals surface area (Å²) in [5.41, 5.74) is 4.42. The lowest BCUT2D eigenvalue weighted by molar-refractivity contribution is -0.146. The predicted octanol–water partition coefficient (Wildman–Crippen LogP) is 3.91. The first-order valence-corrected chi connectivity index (χ1v) is 6.61. The van der Waals surface area contributed by atoms with Crippen LogP contribution in [0.15, 0.2) is 12.1 Å². The number of carbonyl (C=O) groups is 1. The Labute approximate surface area is 110 Å². The summed E-state index contributed by atoms with van der Waals surface area (Å²) in [6, 6.07) is 4.19. The van der Waals surface area contributed by atoms with Crippen molar-refractivity contribution in [2.24, 2.45) is 5.41 Å². The number of hydrogen-bond acceptors (Lipinski definition) is 1. The van der Waals surface area contributed by atoms with Gasteiger partial charge in [-0.25, -0.2) is 0 Å². The largest absolute Gasteiger partial charge is 0.481 e. The Morgan fingerprint density at radius 2 is 1.89 bits per heavy atom. The first-order valence-electron chi connectivity index (χ1n) is 6.61. The van der Waals surface area contributed by atoms with Gasteiger partial charge in [-0.1, -0.05) is 25.5 Å². The van der Waals surface area contributed by atoms with Crippen LogP contribution >= 0.6 is 0 Å². The van der Waals surface area contributed by atoms with Gasteiger partial charge in [0.05, 0.1) is 5.41 Å². The van der Waals surface area contributed by atoms with E-state index in [0.717, 1.165) is 18.4 Å². The Kier molecular flexibility index (Phi) is 4.55. The molecule has 0 amide bonds. The van der Waals surface area contributed by atoms with E-state index in [0.29, 0.717) is 6.42 Å². The van der Waals surface area contributed by atoms with Crippen molar-refractivity contribution >= 4 is 5.97 Å². The van der Waals surface area contributed by atoms with E-state index in [4.69, 9.17) is 0 Å². The Balaban J connectivity index is 3.12. The maximum atomic E-state index is 11.2. The lowest BCUT2D eigenvalue weighted by atomic mass is 9.82. The topological polar surface area (TPSA) is 37.3 Å². The molecule has 0 bridgehead atoms. The molecule has 2 heteroatoms. The Morgan fingerprint density at radius 1 is 1.28 bits per heavy atom. The standard InChI is InChI=1S/C16H24O2/c1-6-7-14-11(2)8-9-13(12(14)3)10-16(4,5)15(17)18/h8-9H,6-7,10H2,1-5H3,(H,17,18). The molecule has 0 saturated carbocycles. The summed E-state index contributed by atoms with van der Waals surface area (Å²) in [5, 5.41) is 9.22. The first kappa shape index (κ1) is 14.7. The van der Waals surface area contributed by atoms with Crippen LogP contribution in [0.1, 0.15) is 49.4 Å². The molecule has 100 valence electrons. The van der Waals surface area contributed by atoms with E-state index in [9.17, 15) is 9.90 Å². The first-order chi connectivity index (χ1) is 8.29. The van der Waals surface area contributed by atoms with E-state index in [2.05, 4.69) is 32.9 Å². The molecule has 0 atom stereocenters. The van der Waals surface area contributed by atoms with Gasteiger partial charge in [-0.2, -0.15) is 0 Å². The predicted molar refractivity (Wildman–Crippen MR) is 75.0 cm³/mol. The fourth-order valence-corrected chi connectivity index (χ4v) is 2.32. The average Bonchev–Trinajstić information content (AvgIpc) is 2.28. The molecular weight excluding hydrogens is 224 g/mol. The molecule has 2 nitrogen and oxygen atoms in total. The molecule has 1 N–H and O–H groups in total. The highest BCUT2D eigenvalue weighted by atomic mass is 16.4. The van der Waals surface area contributed by atoms with Crippen molar-refractivity contribution in [2.75, 3.05) is 0 Å². The summed E-state index contributed by atoms with van der Waals surface area (Å²) in [6.45, 7) is 9.99. The van der Waals surface area contributed by atoms with E-state index in [1.54, 1.807) is 13.8 Å². The minimum atomic E-state index is -0.737. The maximum absolute atomic E-state index is 11.2. The van der Waals surface area contributed by atoms with E-state index < -0.39 is 11.4 Å². The second-order valence-electron chi connectivity index (χ2n) is 5.76. The number of rotatable bonds is 5. The summed E-state index contributed by atoms with van der Waals surface area (Å²) in [6.07, 6.45) is 2.78. The number of aliphatic carboxylic acids is 1. The smallest absolute Gasteiger partial charge is 0.309 e. The summed E-state index contributed by atoms with van der Waals surface area (Å²) in [4.78, 5) is 11.2. The quantitative estimate of drug-likeness (QED) is 0.857. The van der Waals surface area contributed by atoms with E-state index in [-0.39, 0.29) is 0 Å². The fraction of sp³-hybridized carbons (Fsp3) is 0.562. The van der Waals surface area contributed by atoms with Crippen molar-refractivity contribution in [3.05, 3.63) is 34.4 Å². The molecule has 0 aliphatic heterocycles. The van der Waals surface area contributed by atoms with Gasteiger partial charge in [0.1, 0.15) is 0 Å². The van der Waals surface area contributed by atoms with E-state index >= 15 is 0 Å². The molecule has 1 rings (SSSR count). The van der Waals surface area contributed by atoms with Gasteiger partial charge in [-0.05, 0) is 62.8 Å². The van der Waals surface area contributed by atoms with Crippen molar-refractivity contribution < 1.29 is 9.90 Å². The van der Waals surface area contributed by atoms with Crippen LogP contribution in [0.25, 0.3) is 0 Å². The van der Waals surface area contributed by atoms with Crippen LogP contribution < -0.4 is 0 Å². The molecule has 0 unspecified atom stereocenters. The Hall–Kier alpha value is -1.31. The summed E-state index contributed by atoms with van der Waals surface area (Å²) in [7, 11) is 0. The van der Waals surface area contributed by atoms with Crippen molar-refractivity contribution in [3.8, 4) is 0 Å². The highest BCUT2D eigenvalue weighted by Gasteiger charge is 2.28. The SMILES string of the molecule is CCCc1c(C)ccc(CC(C)(C)C(=O)O)c1C. The summed E-state index contributed by atoms with van der Waals surface area (Å²) in [5.74, 6) is -0.737. The van der Waals surface area contributed by atoms with Gasteiger partial charge in [0, 0.05) is 0 Å². The third-order valence-corrected chi connectivity index (χ3v) is 3.66. The van der Waals surface area contributed by atoms with Gasteiger partial charge in [-0.3, -0.25) is 4.79 Å². The number of hydrogen-bond donors (Lipinski definition) is 1. The molecule has 0 aromatic heterocycles. The third kappa shape index (κ3) is 3.12. The zero-order valence-electron chi connectivity index (χ0n) is 12.1. The van der Waals surface area contributed by atoms with Gasteiger partial charge >= 0.3 is 5.97 Å². The van der Waals surface area contributed by atoms with Gasteiger partial charge in [-0.15, -0.1) is 0 Å². The fourth-order valence-electron chi connectivity index (χ4n) is 2.32. The van der Waals surface area contributed by atoms with Gasteiger partial charge < -0.3 is 5.11 Å². The van der Waals surface area contributed by atoms with Crippen LogP contribution in [0, 0.1) is 19.3 Å². The van der Waals surface area contributed by atoms with Crippen LogP contribution in [0.5, 0.6) is 0 Å². The average molecular weight is 248 g/mol. The second-order valence-corrected chi connectivity index (χ2v) is 5.76. The normalized spacial score (nSPS) is 11.6.